The van der Waals surface area contributed by atoms with Gasteiger partial charge in [0.2, 0.25) is 0 Å². The standard InChI is InChI=1S/C10H15N3O2/c1-7(6-14)12-9-10(15)13(5-4-11-9)8-2-3-8/h4-5,7-8,14H,2-3,6H2,1H3,(H,11,12). The first-order valence-corrected chi connectivity index (χ1v) is 5.17. The number of rotatable bonds is 4. The Kier molecular flexibility index (Phi) is 2.73. The monoisotopic (exact) mass is 209 g/mol. The lowest BCUT2D eigenvalue weighted by molar-refractivity contribution is 0.281. The summed E-state index contributed by atoms with van der Waals surface area (Å²) in [6.07, 6.45) is 5.47. The lowest BCUT2D eigenvalue weighted by Crippen LogP contribution is -2.29. The van der Waals surface area contributed by atoms with Gasteiger partial charge in [0.05, 0.1) is 6.61 Å². The Morgan fingerprint density at radius 1 is 1.73 bits per heavy atom. The zero-order chi connectivity index (χ0) is 10.8. The second-order valence-corrected chi connectivity index (χ2v) is 3.95. The van der Waals surface area contributed by atoms with Crippen LogP contribution in [0, 0.1) is 0 Å². The molecule has 82 valence electrons. The molecule has 1 aliphatic carbocycles. The van der Waals surface area contributed by atoms with Crippen molar-refractivity contribution in [3.63, 3.8) is 0 Å². The third-order valence-corrected chi connectivity index (χ3v) is 2.47. The highest BCUT2D eigenvalue weighted by Crippen LogP contribution is 2.33. The van der Waals surface area contributed by atoms with E-state index in [0.29, 0.717) is 11.9 Å². The van der Waals surface area contributed by atoms with Gasteiger partial charge in [-0.15, -0.1) is 0 Å². The first-order chi connectivity index (χ1) is 7.22. The fourth-order valence-electron chi connectivity index (χ4n) is 1.44. The third-order valence-electron chi connectivity index (χ3n) is 2.47. The molecule has 0 saturated heterocycles. The van der Waals surface area contributed by atoms with Crippen LogP contribution in [0.25, 0.3) is 0 Å². The van der Waals surface area contributed by atoms with E-state index in [4.69, 9.17) is 5.11 Å². The van der Waals surface area contributed by atoms with Crippen LogP contribution in [-0.2, 0) is 0 Å². The topological polar surface area (TPSA) is 67.2 Å². The molecule has 0 spiro atoms. The van der Waals surface area contributed by atoms with Gasteiger partial charge in [-0.1, -0.05) is 0 Å². The predicted octanol–water partition coefficient (Wildman–Crippen LogP) is 0.371. The highest BCUT2D eigenvalue weighted by atomic mass is 16.3. The van der Waals surface area contributed by atoms with Gasteiger partial charge in [-0.25, -0.2) is 4.98 Å². The maximum atomic E-state index is 11.9. The highest BCUT2D eigenvalue weighted by molar-refractivity contribution is 5.32. The second kappa shape index (κ2) is 4.02. The first-order valence-electron chi connectivity index (χ1n) is 5.17. The molecule has 1 aliphatic rings. The average molecular weight is 209 g/mol. The third kappa shape index (κ3) is 2.18. The minimum atomic E-state index is -0.153. The summed E-state index contributed by atoms with van der Waals surface area (Å²) < 4.78 is 1.71. The van der Waals surface area contributed by atoms with E-state index >= 15 is 0 Å². The minimum absolute atomic E-state index is 0.0144. The second-order valence-electron chi connectivity index (χ2n) is 3.95. The Bertz CT molecular complexity index is 398. The molecule has 1 heterocycles. The van der Waals surface area contributed by atoms with Crippen LogP contribution in [0.5, 0.6) is 0 Å². The Morgan fingerprint density at radius 3 is 3.07 bits per heavy atom. The number of aliphatic hydroxyl groups is 1. The summed E-state index contributed by atoms with van der Waals surface area (Å²) in [4.78, 5) is 15.8. The van der Waals surface area contributed by atoms with Gasteiger partial charge in [0.15, 0.2) is 5.82 Å². The van der Waals surface area contributed by atoms with Gasteiger partial charge in [-0.3, -0.25) is 4.79 Å². The van der Waals surface area contributed by atoms with Crippen molar-refractivity contribution in [2.75, 3.05) is 11.9 Å². The van der Waals surface area contributed by atoms with E-state index in [0.717, 1.165) is 12.8 Å². The normalized spacial score (nSPS) is 17.5. The van der Waals surface area contributed by atoms with Crippen molar-refractivity contribution in [2.45, 2.75) is 31.8 Å². The molecule has 0 aromatic carbocycles. The molecule has 2 N–H and O–H groups in total. The summed E-state index contributed by atoms with van der Waals surface area (Å²) in [6.45, 7) is 1.79. The Labute approximate surface area is 87.8 Å². The van der Waals surface area contributed by atoms with Crippen molar-refractivity contribution in [1.82, 2.24) is 9.55 Å². The quantitative estimate of drug-likeness (QED) is 0.752. The molecule has 0 bridgehead atoms. The maximum absolute atomic E-state index is 11.9. The number of nitrogens with zero attached hydrogens (tertiary/aromatic N) is 2. The largest absolute Gasteiger partial charge is 0.394 e. The summed E-state index contributed by atoms with van der Waals surface area (Å²) in [5.74, 6) is 0.325. The van der Waals surface area contributed by atoms with Crippen LogP contribution in [0.3, 0.4) is 0 Å². The number of hydrogen-bond donors (Lipinski definition) is 2. The Morgan fingerprint density at radius 2 is 2.47 bits per heavy atom. The van der Waals surface area contributed by atoms with Gasteiger partial charge in [0.25, 0.3) is 5.56 Å². The number of hydrogen-bond acceptors (Lipinski definition) is 4. The van der Waals surface area contributed by atoms with Crippen molar-refractivity contribution in [3.05, 3.63) is 22.7 Å². The van der Waals surface area contributed by atoms with Gasteiger partial charge in [-0.2, -0.15) is 0 Å². The van der Waals surface area contributed by atoms with E-state index in [-0.39, 0.29) is 18.2 Å². The molecule has 0 radical (unpaired) electrons. The van der Waals surface area contributed by atoms with Gasteiger partial charge in [0, 0.05) is 24.5 Å². The molecule has 0 aliphatic heterocycles. The van der Waals surface area contributed by atoms with Crippen LogP contribution in [0.1, 0.15) is 25.8 Å². The molecular formula is C10H15N3O2. The molecule has 0 amide bonds. The molecule has 5 heteroatoms. The number of nitrogens with one attached hydrogen (secondary N) is 1. The Balaban J connectivity index is 2.24. The van der Waals surface area contributed by atoms with Crippen LogP contribution in [-0.4, -0.2) is 27.3 Å². The van der Waals surface area contributed by atoms with Crippen molar-refractivity contribution >= 4 is 5.82 Å². The summed E-state index contributed by atoms with van der Waals surface area (Å²) in [6, 6.07) is 0.200. The maximum Gasteiger partial charge on any atom is 0.293 e. The predicted molar refractivity (Wildman–Crippen MR) is 56.9 cm³/mol. The summed E-state index contributed by atoms with van der Waals surface area (Å²) >= 11 is 0. The van der Waals surface area contributed by atoms with Crippen molar-refractivity contribution in [3.8, 4) is 0 Å². The number of aromatic nitrogens is 2. The molecule has 1 aromatic heterocycles. The van der Waals surface area contributed by atoms with Gasteiger partial charge in [0.1, 0.15) is 0 Å². The first kappa shape index (κ1) is 10.2. The summed E-state index contributed by atoms with van der Waals surface area (Å²) in [5.41, 5.74) is -0.0969. The lowest BCUT2D eigenvalue weighted by atomic mass is 10.3. The van der Waals surface area contributed by atoms with E-state index in [2.05, 4.69) is 10.3 Å². The molecule has 1 fully saturated rings. The molecule has 1 saturated carbocycles. The molecule has 5 nitrogen and oxygen atoms in total. The van der Waals surface area contributed by atoms with Crippen molar-refractivity contribution in [1.29, 1.82) is 0 Å². The van der Waals surface area contributed by atoms with Gasteiger partial charge >= 0.3 is 0 Å². The van der Waals surface area contributed by atoms with E-state index in [9.17, 15) is 4.79 Å². The number of aliphatic hydroxyl groups excluding tert-OH is 1. The molecule has 1 atom stereocenters. The fourth-order valence-corrected chi connectivity index (χ4v) is 1.44. The van der Waals surface area contributed by atoms with Crippen molar-refractivity contribution < 1.29 is 5.11 Å². The average Bonchev–Trinajstić information content (AvgIpc) is 3.04. The smallest absolute Gasteiger partial charge is 0.293 e. The molecule has 2 rings (SSSR count). The Hall–Kier alpha value is -1.36. The molecule has 1 aromatic rings. The highest BCUT2D eigenvalue weighted by Gasteiger charge is 2.25. The van der Waals surface area contributed by atoms with Crippen LogP contribution in [0.4, 0.5) is 5.82 Å². The molecule has 15 heavy (non-hydrogen) atoms. The fraction of sp³-hybridized carbons (Fsp3) is 0.600. The van der Waals surface area contributed by atoms with Crippen LogP contribution < -0.4 is 10.9 Å². The van der Waals surface area contributed by atoms with E-state index in [1.807, 2.05) is 0 Å². The van der Waals surface area contributed by atoms with E-state index in [1.54, 1.807) is 23.9 Å². The summed E-state index contributed by atoms with van der Waals surface area (Å²) in [7, 11) is 0. The SMILES string of the molecule is CC(CO)Nc1nccn(C2CC2)c1=O. The van der Waals surface area contributed by atoms with E-state index in [1.165, 1.54) is 0 Å². The minimum Gasteiger partial charge on any atom is -0.394 e. The van der Waals surface area contributed by atoms with Crippen LogP contribution in [0.2, 0.25) is 0 Å². The zero-order valence-electron chi connectivity index (χ0n) is 8.68. The molecular weight excluding hydrogens is 194 g/mol. The zero-order valence-corrected chi connectivity index (χ0v) is 8.68. The molecule has 1 unspecified atom stereocenters. The van der Waals surface area contributed by atoms with Gasteiger partial charge < -0.3 is 15.0 Å². The van der Waals surface area contributed by atoms with Crippen LogP contribution in [0.15, 0.2) is 17.2 Å². The lowest BCUT2D eigenvalue weighted by Gasteiger charge is -2.12. The van der Waals surface area contributed by atoms with Crippen LogP contribution >= 0.6 is 0 Å². The van der Waals surface area contributed by atoms with Crippen molar-refractivity contribution in [2.24, 2.45) is 0 Å². The summed E-state index contributed by atoms with van der Waals surface area (Å²) in [5, 5.41) is 11.8. The van der Waals surface area contributed by atoms with E-state index < -0.39 is 0 Å². The van der Waals surface area contributed by atoms with Gasteiger partial charge in [-0.05, 0) is 19.8 Å². The number of anilines is 1.